The number of carbonyl (C=O) groups is 1. The van der Waals surface area contributed by atoms with Crippen molar-refractivity contribution in [1.29, 1.82) is 0 Å². The van der Waals surface area contributed by atoms with Gasteiger partial charge in [0, 0.05) is 36.8 Å². The minimum Gasteiger partial charge on any atom is -0.380 e. The van der Waals surface area contributed by atoms with Gasteiger partial charge in [0.05, 0.1) is 6.54 Å². The molecule has 1 heterocycles. The molecule has 112 valence electrons. The second kappa shape index (κ2) is 7.08. The van der Waals surface area contributed by atoms with Gasteiger partial charge in [-0.3, -0.25) is 4.79 Å². The van der Waals surface area contributed by atoms with Crippen molar-refractivity contribution in [2.45, 2.75) is 26.9 Å². The lowest BCUT2D eigenvalue weighted by molar-refractivity contribution is -0.129. The molecule has 1 amide bonds. The topological polar surface area (TPSA) is 71.2 Å². The first-order valence-electron chi connectivity index (χ1n) is 6.87. The molecule has 0 bridgehead atoms. The number of benzene rings is 1. The summed E-state index contributed by atoms with van der Waals surface area (Å²) in [6.45, 7) is 5.63. The van der Waals surface area contributed by atoms with E-state index in [1.807, 2.05) is 30.0 Å². The van der Waals surface area contributed by atoms with Gasteiger partial charge in [-0.05, 0) is 24.6 Å². The van der Waals surface area contributed by atoms with Crippen LogP contribution in [0.3, 0.4) is 0 Å². The number of nitrogens with two attached hydrogens (primary N) is 1. The number of thiazole rings is 1. The Hall–Kier alpha value is -2.08. The van der Waals surface area contributed by atoms with E-state index in [0.717, 1.165) is 16.1 Å². The fourth-order valence-corrected chi connectivity index (χ4v) is 2.66. The molecule has 2 rings (SSSR count). The van der Waals surface area contributed by atoms with Crippen LogP contribution in [0.15, 0.2) is 30.5 Å². The first-order chi connectivity index (χ1) is 10.1. The van der Waals surface area contributed by atoms with Gasteiger partial charge in [0.15, 0.2) is 5.13 Å². The summed E-state index contributed by atoms with van der Waals surface area (Å²) >= 11 is 1.48. The van der Waals surface area contributed by atoms with Gasteiger partial charge in [-0.2, -0.15) is 0 Å². The lowest BCUT2D eigenvalue weighted by Gasteiger charge is -2.19. The summed E-state index contributed by atoms with van der Waals surface area (Å²) in [5.74, 6) is 0.0935. The molecule has 0 saturated heterocycles. The summed E-state index contributed by atoms with van der Waals surface area (Å²) < 4.78 is 0. The lowest BCUT2D eigenvalue weighted by Crippen LogP contribution is -2.27. The number of rotatable bonds is 6. The largest absolute Gasteiger partial charge is 0.380 e. The SMILES string of the molecule is CCN(Cc1cccc(NCc2cnc(N)s2)c1)C(C)=O. The van der Waals surface area contributed by atoms with E-state index in [1.54, 1.807) is 13.1 Å². The number of amides is 1. The maximum absolute atomic E-state index is 11.5. The number of nitrogens with one attached hydrogen (secondary N) is 1. The average molecular weight is 304 g/mol. The summed E-state index contributed by atoms with van der Waals surface area (Å²) in [5, 5.41) is 3.93. The highest BCUT2D eigenvalue weighted by molar-refractivity contribution is 7.15. The van der Waals surface area contributed by atoms with E-state index >= 15 is 0 Å². The van der Waals surface area contributed by atoms with E-state index in [4.69, 9.17) is 5.73 Å². The first kappa shape index (κ1) is 15.3. The quantitative estimate of drug-likeness (QED) is 0.861. The summed E-state index contributed by atoms with van der Waals surface area (Å²) in [7, 11) is 0. The smallest absolute Gasteiger partial charge is 0.219 e. The van der Waals surface area contributed by atoms with Gasteiger partial charge in [0.1, 0.15) is 0 Å². The molecule has 5 nitrogen and oxygen atoms in total. The molecule has 0 aliphatic carbocycles. The number of anilines is 2. The van der Waals surface area contributed by atoms with Crippen molar-refractivity contribution in [3.63, 3.8) is 0 Å². The fraction of sp³-hybridized carbons (Fsp3) is 0.333. The highest BCUT2D eigenvalue weighted by Crippen LogP contribution is 2.18. The van der Waals surface area contributed by atoms with Crippen LogP contribution in [0, 0.1) is 0 Å². The number of hydrogen-bond donors (Lipinski definition) is 2. The molecule has 1 aromatic carbocycles. The van der Waals surface area contributed by atoms with E-state index in [2.05, 4.69) is 16.4 Å². The van der Waals surface area contributed by atoms with Crippen LogP contribution in [0.2, 0.25) is 0 Å². The molecule has 0 aliphatic rings. The fourth-order valence-electron chi connectivity index (χ4n) is 2.04. The Kier molecular flexibility index (Phi) is 5.16. The Morgan fingerprint density at radius 3 is 2.90 bits per heavy atom. The molecule has 0 fully saturated rings. The van der Waals surface area contributed by atoms with Crippen LogP contribution in [0.5, 0.6) is 0 Å². The molecule has 6 heteroatoms. The maximum Gasteiger partial charge on any atom is 0.219 e. The van der Waals surface area contributed by atoms with Crippen LogP contribution in [0.4, 0.5) is 10.8 Å². The van der Waals surface area contributed by atoms with Crippen LogP contribution < -0.4 is 11.1 Å². The summed E-state index contributed by atoms with van der Waals surface area (Å²) in [4.78, 5) is 18.4. The molecule has 0 spiro atoms. The van der Waals surface area contributed by atoms with Crippen molar-refractivity contribution in [2.75, 3.05) is 17.6 Å². The second-order valence-electron chi connectivity index (χ2n) is 4.75. The van der Waals surface area contributed by atoms with Gasteiger partial charge in [0.25, 0.3) is 0 Å². The molecule has 2 aromatic rings. The van der Waals surface area contributed by atoms with Gasteiger partial charge >= 0.3 is 0 Å². The zero-order valence-corrected chi connectivity index (χ0v) is 13.1. The summed E-state index contributed by atoms with van der Waals surface area (Å²) in [6.07, 6.45) is 1.78. The van der Waals surface area contributed by atoms with Crippen LogP contribution in [0.25, 0.3) is 0 Å². The van der Waals surface area contributed by atoms with Crippen molar-refractivity contribution in [1.82, 2.24) is 9.88 Å². The molecule has 0 saturated carbocycles. The maximum atomic E-state index is 11.5. The first-order valence-corrected chi connectivity index (χ1v) is 7.68. The van der Waals surface area contributed by atoms with Crippen LogP contribution in [-0.4, -0.2) is 22.3 Å². The normalized spacial score (nSPS) is 10.4. The van der Waals surface area contributed by atoms with E-state index in [-0.39, 0.29) is 5.91 Å². The highest BCUT2D eigenvalue weighted by atomic mass is 32.1. The minimum atomic E-state index is 0.0935. The molecule has 21 heavy (non-hydrogen) atoms. The lowest BCUT2D eigenvalue weighted by atomic mass is 10.2. The highest BCUT2D eigenvalue weighted by Gasteiger charge is 2.07. The van der Waals surface area contributed by atoms with Gasteiger partial charge in [-0.15, -0.1) is 11.3 Å². The molecule has 0 atom stereocenters. The van der Waals surface area contributed by atoms with E-state index in [1.165, 1.54) is 11.3 Å². The second-order valence-corrected chi connectivity index (χ2v) is 5.90. The van der Waals surface area contributed by atoms with E-state index < -0.39 is 0 Å². The van der Waals surface area contributed by atoms with Crippen LogP contribution in [0.1, 0.15) is 24.3 Å². The minimum absolute atomic E-state index is 0.0935. The average Bonchev–Trinajstić information content (AvgIpc) is 2.88. The monoisotopic (exact) mass is 304 g/mol. The Labute approximate surface area is 128 Å². The number of carbonyl (C=O) groups excluding carboxylic acids is 1. The van der Waals surface area contributed by atoms with Crippen molar-refractivity contribution >= 4 is 28.1 Å². The summed E-state index contributed by atoms with van der Waals surface area (Å²) in [5.41, 5.74) is 7.75. The van der Waals surface area contributed by atoms with Crippen molar-refractivity contribution in [3.05, 3.63) is 40.9 Å². The Balaban J connectivity index is 1.98. The zero-order valence-electron chi connectivity index (χ0n) is 12.3. The third kappa shape index (κ3) is 4.46. The predicted molar refractivity (Wildman–Crippen MR) is 87.1 cm³/mol. The van der Waals surface area contributed by atoms with E-state index in [0.29, 0.717) is 24.8 Å². The summed E-state index contributed by atoms with van der Waals surface area (Å²) in [6, 6.07) is 8.10. The Morgan fingerprint density at radius 2 is 2.29 bits per heavy atom. The van der Waals surface area contributed by atoms with Gasteiger partial charge in [0.2, 0.25) is 5.91 Å². The number of hydrogen-bond acceptors (Lipinski definition) is 5. The van der Waals surface area contributed by atoms with Gasteiger partial charge in [-0.1, -0.05) is 12.1 Å². The molecular formula is C15H20N4OS. The molecule has 3 N–H and O–H groups in total. The third-order valence-electron chi connectivity index (χ3n) is 3.17. The zero-order chi connectivity index (χ0) is 15.2. The van der Waals surface area contributed by atoms with Gasteiger partial charge < -0.3 is 16.0 Å². The number of aromatic nitrogens is 1. The van der Waals surface area contributed by atoms with E-state index in [9.17, 15) is 4.79 Å². The Bertz CT molecular complexity index is 611. The molecular weight excluding hydrogens is 284 g/mol. The number of nitrogens with zero attached hydrogens (tertiary/aromatic N) is 2. The Morgan fingerprint density at radius 1 is 1.48 bits per heavy atom. The van der Waals surface area contributed by atoms with Crippen molar-refractivity contribution < 1.29 is 4.79 Å². The molecule has 1 aromatic heterocycles. The standard InChI is InChI=1S/C15H20N4OS/c1-3-19(11(2)20)10-12-5-4-6-13(7-12)17-8-14-9-18-15(16)21-14/h4-7,9,17H,3,8,10H2,1-2H3,(H2,16,18). The van der Waals surface area contributed by atoms with Crippen LogP contribution in [-0.2, 0) is 17.9 Å². The predicted octanol–water partition coefficient (Wildman–Crippen LogP) is 2.71. The van der Waals surface area contributed by atoms with Crippen molar-refractivity contribution in [2.24, 2.45) is 0 Å². The molecule has 0 radical (unpaired) electrons. The number of nitrogen functional groups attached to an aromatic ring is 1. The third-order valence-corrected chi connectivity index (χ3v) is 3.99. The van der Waals surface area contributed by atoms with Crippen molar-refractivity contribution in [3.8, 4) is 0 Å². The molecule has 0 unspecified atom stereocenters. The van der Waals surface area contributed by atoms with Gasteiger partial charge in [-0.25, -0.2) is 4.98 Å². The molecule has 0 aliphatic heterocycles. The van der Waals surface area contributed by atoms with Crippen LogP contribution >= 0.6 is 11.3 Å².